The number of nitrogens with two attached hydrogens (primary N) is 1. The zero-order valence-electron chi connectivity index (χ0n) is 9.46. The standard InChI is InChI=1S/C12H16ClNO2/c1-6(5-14)8-4-10(13)9-3-7(2)16-12(9)11(8)15/h4,6-7,15H,3,5,14H2,1-2H3. The van der Waals surface area contributed by atoms with Crippen LogP contribution in [0, 0.1) is 0 Å². The lowest BCUT2D eigenvalue weighted by molar-refractivity contribution is 0.244. The highest BCUT2D eigenvalue weighted by Crippen LogP contribution is 2.45. The van der Waals surface area contributed by atoms with E-state index in [1.807, 2.05) is 13.8 Å². The third kappa shape index (κ3) is 1.74. The Kier molecular flexibility index (Phi) is 3.00. The van der Waals surface area contributed by atoms with Crippen molar-refractivity contribution in [2.45, 2.75) is 32.3 Å². The van der Waals surface area contributed by atoms with E-state index in [4.69, 9.17) is 22.1 Å². The molecule has 3 nitrogen and oxygen atoms in total. The molecule has 1 aromatic carbocycles. The number of phenols is 1. The van der Waals surface area contributed by atoms with Crippen LogP contribution in [0.15, 0.2) is 6.07 Å². The predicted molar refractivity (Wildman–Crippen MR) is 64.4 cm³/mol. The Morgan fingerprint density at radius 1 is 1.69 bits per heavy atom. The lowest BCUT2D eigenvalue weighted by Crippen LogP contribution is -2.09. The average Bonchev–Trinajstić information content (AvgIpc) is 2.65. The van der Waals surface area contributed by atoms with Gasteiger partial charge in [0.1, 0.15) is 6.10 Å². The zero-order chi connectivity index (χ0) is 11.9. The molecule has 0 saturated heterocycles. The normalized spacial score (nSPS) is 20.4. The maximum Gasteiger partial charge on any atom is 0.166 e. The van der Waals surface area contributed by atoms with Gasteiger partial charge in [-0.1, -0.05) is 18.5 Å². The summed E-state index contributed by atoms with van der Waals surface area (Å²) < 4.78 is 5.58. The molecule has 0 bridgehead atoms. The molecule has 0 amide bonds. The summed E-state index contributed by atoms with van der Waals surface area (Å²) in [6.45, 7) is 4.39. The summed E-state index contributed by atoms with van der Waals surface area (Å²) in [4.78, 5) is 0. The van der Waals surface area contributed by atoms with Crippen molar-refractivity contribution in [3.63, 3.8) is 0 Å². The number of rotatable bonds is 2. The number of fused-ring (bicyclic) bond motifs is 1. The van der Waals surface area contributed by atoms with Crippen molar-refractivity contribution >= 4 is 11.6 Å². The first-order valence-corrected chi connectivity index (χ1v) is 5.83. The van der Waals surface area contributed by atoms with Crippen molar-refractivity contribution in [3.8, 4) is 11.5 Å². The number of benzene rings is 1. The molecule has 4 heteroatoms. The molecule has 3 N–H and O–H groups in total. The minimum absolute atomic E-state index is 0.0711. The second-order valence-corrected chi connectivity index (χ2v) is 4.78. The number of ether oxygens (including phenoxy) is 1. The summed E-state index contributed by atoms with van der Waals surface area (Å²) in [7, 11) is 0. The lowest BCUT2D eigenvalue weighted by atomic mass is 9.97. The van der Waals surface area contributed by atoms with Gasteiger partial charge >= 0.3 is 0 Å². The summed E-state index contributed by atoms with van der Waals surface area (Å²) in [5.41, 5.74) is 7.27. The van der Waals surface area contributed by atoms with E-state index in [1.165, 1.54) is 0 Å². The molecular formula is C12H16ClNO2. The first-order chi connectivity index (χ1) is 7.54. The molecule has 16 heavy (non-hydrogen) atoms. The molecule has 0 fully saturated rings. The highest BCUT2D eigenvalue weighted by atomic mass is 35.5. The molecule has 2 unspecified atom stereocenters. The van der Waals surface area contributed by atoms with Crippen LogP contribution in [0.2, 0.25) is 5.02 Å². The molecule has 2 atom stereocenters. The summed E-state index contributed by atoms with van der Waals surface area (Å²) in [6.07, 6.45) is 0.820. The number of aromatic hydroxyl groups is 1. The van der Waals surface area contributed by atoms with Gasteiger partial charge in [0.25, 0.3) is 0 Å². The van der Waals surface area contributed by atoms with Crippen LogP contribution in [0.3, 0.4) is 0 Å². The number of phenolic OH excluding ortho intramolecular Hbond substituents is 1. The third-order valence-corrected chi connectivity index (χ3v) is 3.37. The van der Waals surface area contributed by atoms with Crippen molar-refractivity contribution in [3.05, 3.63) is 22.2 Å². The highest BCUT2D eigenvalue weighted by molar-refractivity contribution is 6.31. The van der Waals surface area contributed by atoms with Gasteiger partial charge < -0.3 is 15.6 Å². The highest BCUT2D eigenvalue weighted by Gasteiger charge is 2.28. The zero-order valence-corrected chi connectivity index (χ0v) is 10.2. The Hall–Kier alpha value is -0.930. The number of halogens is 1. The number of hydrogen-bond acceptors (Lipinski definition) is 3. The van der Waals surface area contributed by atoms with Gasteiger partial charge in [0.2, 0.25) is 0 Å². The van der Waals surface area contributed by atoms with Gasteiger partial charge in [-0.05, 0) is 25.5 Å². The second kappa shape index (κ2) is 4.15. The Morgan fingerprint density at radius 2 is 2.38 bits per heavy atom. The van der Waals surface area contributed by atoms with Gasteiger partial charge in [0.05, 0.1) is 0 Å². The summed E-state index contributed by atoms with van der Waals surface area (Å²) in [5, 5.41) is 10.8. The Bertz CT molecular complexity index is 420. The fourth-order valence-electron chi connectivity index (χ4n) is 2.02. The molecule has 0 radical (unpaired) electrons. The fraction of sp³-hybridized carbons (Fsp3) is 0.500. The SMILES string of the molecule is CC1Cc2c(Cl)cc(C(C)CN)c(O)c2O1. The van der Waals surface area contributed by atoms with E-state index in [0.717, 1.165) is 17.5 Å². The lowest BCUT2D eigenvalue weighted by Gasteiger charge is -2.15. The third-order valence-electron chi connectivity index (χ3n) is 3.03. The van der Waals surface area contributed by atoms with Crippen LogP contribution in [-0.2, 0) is 6.42 Å². The van der Waals surface area contributed by atoms with Crippen LogP contribution in [-0.4, -0.2) is 17.8 Å². The Balaban J connectivity index is 2.53. The van der Waals surface area contributed by atoms with Crippen molar-refractivity contribution in [2.24, 2.45) is 5.73 Å². The molecule has 0 saturated carbocycles. The fourth-order valence-corrected chi connectivity index (χ4v) is 2.31. The van der Waals surface area contributed by atoms with Gasteiger partial charge in [0.15, 0.2) is 11.5 Å². The molecule has 88 valence electrons. The van der Waals surface area contributed by atoms with E-state index in [1.54, 1.807) is 6.07 Å². The molecule has 1 aromatic rings. The quantitative estimate of drug-likeness (QED) is 0.836. The van der Waals surface area contributed by atoms with E-state index in [-0.39, 0.29) is 17.8 Å². The van der Waals surface area contributed by atoms with Crippen molar-refractivity contribution in [1.29, 1.82) is 0 Å². The maximum absolute atomic E-state index is 10.1. The predicted octanol–water partition coefficient (Wildman–Crippen LogP) is 2.43. The number of hydrogen-bond donors (Lipinski definition) is 2. The van der Waals surface area contributed by atoms with Gasteiger partial charge in [-0.15, -0.1) is 0 Å². The van der Waals surface area contributed by atoms with Crippen molar-refractivity contribution < 1.29 is 9.84 Å². The van der Waals surface area contributed by atoms with Crippen LogP contribution in [0.4, 0.5) is 0 Å². The minimum Gasteiger partial charge on any atom is -0.504 e. The van der Waals surface area contributed by atoms with Crippen LogP contribution >= 0.6 is 11.6 Å². The summed E-state index contributed by atoms with van der Waals surface area (Å²) in [6, 6.07) is 1.80. The maximum atomic E-state index is 10.1. The first-order valence-electron chi connectivity index (χ1n) is 5.45. The van der Waals surface area contributed by atoms with Gasteiger partial charge in [-0.2, -0.15) is 0 Å². The monoisotopic (exact) mass is 241 g/mol. The average molecular weight is 242 g/mol. The summed E-state index contributed by atoms with van der Waals surface area (Å²) >= 11 is 6.18. The molecule has 0 spiro atoms. The van der Waals surface area contributed by atoms with Crippen molar-refractivity contribution in [2.75, 3.05) is 6.54 Å². The molecular weight excluding hydrogens is 226 g/mol. The van der Waals surface area contributed by atoms with Crippen LogP contribution < -0.4 is 10.5 Å². The second-order valence-electron chi connectivity index (χ2n) is 4.37. The molecule has 0 aromatic heterocycles. The van der Waals surface area contributed by atoms with Gasteiger partial charge in [0, 0.05) is 22.6 Å². The smallest absolute Gasteiger partial charge is 0.166 e. The first kappa shape index (κ1) is 11.6. The van der Waals surface area contributed by atoms with Gasteiger partial charge in [-0.3, -0.25) is 0 Å². The largest absolute Gasteiger partial charge is 0.504 e. The minimum atomic E-state index is 0.0711. The van der Waals surface area contributed by atoms with Gasteiger partial charge in [-0.25, -0.2) is 0 Å². The molecule has 1 aliphatic rings. The molecule has 2 rings (SSSR count). The summed E-state index contributed by atoms with van der Waals surface area (Å²) in [5.74, 6) is 0.805. The van der Waals surface area contributed by atoms with E-state index in [0.29, 0.717) is 17.3 Å². The molecule has 0 aliphatic carbocycles. The Morgan fingerprint density at radius 3 is 3.00 bits per heavy atom. The van der Waals surface area contributed by atoms with Crippen LogP contribution in [0.25, 0.3) is 0 Å². The Labute approximate surface area is 100 Å². The van der Waals surface area contributed by atoms with Crippen LogP contribution in [0.5, 0.6) is 11.5 Å². The molecule has 1 aliphatic heterocycles. The topological polar surface area (TPSA) is 55.5 Å². The molecule has 1 heterocycles. The van der Waals surface area contributed by atoms with E-state index in [9.17, 15) is 5.11 Å². The van der Waals surface area contributed by atoms with E-state index >= 15 is 0 Å². The van der Waals surface area contributed by atoms with Crippen LogP contribution in [0.1, 0.15) is 30.9 Å². The van der Waals surface area contributed by atoms with E-state index in [2.05, 4.69) is 0 Å². The van der Waals surface area contributed by atoms with E-state index < -0.39 is 0 Å². The van der Waals surface area contributed by atoms with Crippen molar-refractivity contribution in [1.82, 2.24) is 0 Å².